The summed E-state index contributed by atoms with van der Waals surface area (Å²) in [4.78, 5) is 4.61. The van der Waals surface area contributed by atoms with Gasteiger partial charge in [-0.15, -0.1) is 0 Å². The molecule has 1 nitrogen and oxygen atoms in total. The van der Waals surface area contributed by atoms with Crippen molar-refractivity contribution < 1.29 is 0 Å². The average molecular weight is 161 g/mol. The summed E-state index contributed by atoms with van der Waals surface area (Å²) >= 11 is 0. The molecule has 0 bridgehead atoms. The van der Waals surface area contributed by atoms with Crippen LogP contribution in [0.15, 0.2) is 18.2 Å². The fourth-order valence-corrected chi connectivity index (χ4v) is 1.63. The molecule has 1 heteroatoms. The van der Waals surface area contributed by atoms with E-state index in [0.717, 1.165) is 12.3 Å². The molecule has 0 saturated heterocycles. The van der Waals surface area contributed by atoms with Gasteiger partial charge in [-0.2, -0.15) is 0 Å². The molecule has 1 heterocycles. The van der Waals surface area contributed by atoms with E-state index >= 15 is 0 Å². The Morgan fingerprint density at radius 2 is 2.25 bits per heavy atom. The average Bonchev–Trinajstić information content (AvgIpc) is 2.02. The second-order valence-corrected chi connectivity index (χ2v) is 3.54. The highest BCUT2D eigenvalue weighted by atomic mass is 14.7. The molecule has 1 aromatic heterocycles. The lowest BCUT2D eigenvalue weighted by Crippen LogP contribution is -2.11. The van der Waals surface area contributed by atoms with Gasteiger partial charge in [0, 0.05) is 17.3 Å². The lowest BCUT2D eigenvalue weighted by molar-refractivity contribution is 0.410. The number of aryl methyl sites for hydroxylation is 1. The molecule has 0 radical (unpaired) electrons. The molecule has 0 aliphatic heterocycles. The summed E-state index contributed by atoms with van der Waals surface area (Å²) in [5, 5.41) is 0. The van der Waals surface area contributed by atoms with Gasteiger partial charge in [0.25, 0.3) is 0 Å². The van der Waals surface area contributed by atoms with Gasteiger partial charge in [0.1, 0.15) is 0 Å². The van der Waals surface area contributed by atoms with Gasteiger partial charge in [0.05, 0.1) is 0 Å². The van der Waals surface area contributed by atoms with E-state index in [2.05, 4.69) is 30.1 Å². The van der Waals surface area contributed by atoms with Crippen molar-refractivity contribution in [3.05, 3.63) is 29.6 Å². The highest BCUT2D eigenvalue weighted by molar-refractivity contribution is 5.16. The van der Waals surface area contributed by atoms with Crippen molar-refractivity contribution in [3.8, 4) is 0 Å². The number of nitrogens with zero attached hydrogens (tertiary/aromatic N) is 1. The van der Waals surface area contributed by atoms with Crippen LogP contribution in [0.2, 0.25) is 0 Å². The SMILES string of the molecule is CCc1cccc(C2CCC2)n1. The monoisotopic (exact) mass is 161 g/mol. The van der Waals surface area contributed by atoms with Crippen LogP contribution in [0.4, 0.5) is 0 Å². The van der Waals surface area contributed by atoms with Gasteiger partial charge in [-0.3, -0.25) is 4.98 Å². The summed E-state index contributed by atoms with van der Waals surface area (Å²) in [6, 6.07) is 6.42. The predicted molar refractivity (Wildman–Crippen MR) is 50.2 cm³/mol. The van der Waals surface area contributed by atoms with Gasteiger partial charge >= 0.3 is 0 Å². The summed E-state index contributed by atoms with van der Waals surface area (Å²) in [6.07, 6.45) is 5.14. The number of aromatic nitrogens is 1. The van der Waals surface area contributed by atoms with Crippen LogP contribution in [0.25, 0.3) is 0 Å². The van der Waals surface area contributed by atoms with Gasteiger partial charge in [-0.1, -0.05) is 19.4 Å². The van der Waals surface area contributed by atoms with Gasteiger partial charge < -0.3 is 0 Å². The third-order valence-electron chi connectivity index (χ3n) is 2.71. The molecule has 2 rings (SSSR count). The zero-order chi connectivity index (χ0) is 8.39. The van der Waals surface area contributed by atoms with Crippen LogP contribution in [0.1, 0.15) is 43.5 Å². The minimum absolute atomic E-state index is 0.775. The van der Waals surface area contributed by atoms with Crippen LogP contribution in [0.5, 0.6) is 0 Å². The Bertz CT molecular complexity index is 263. The molecule has 0 N–H and O–H groups in total. The Morgan fingerprint density at radius 3 is 2.83 bits per heavy atom. The van der Waals surface area contributed by atoms with Crippen LogP contribution in [-0.2, 0) is 6.42 Å². The molecule has 64 valence electrons. The highest BCUT2D eigenvalue weighted by Gasteiger charge is 2.20. The number of hydrogen-bond acceptors (Lipinski definition) is 1. The van der Waals surface area contributed by atoms with E-state index in [0.29, 0.717) is 0 Å². The topological polar surface area (TPSA) is 12.9 Å². The largest absolute Gasteiger partial charge is 0.258 e. The van der Waals surface area contributed by atoms with E-state index in [1.807, 2.05) is 0 Å². The molecule has 1 saturated carbocycles. The minimum Gasteiger partial charge on any atom is -0.258 e. The molecular weight excluding hydrogens is 146 g/mol. The maximum Gasteiger partial charge on any atom is 0.0437 e. The number of pyridine rings is 1. The fourth-order valence-electron chi connectivity index (χ4n) is 1.63. The van der Waals surface area contributed by atoms with E-state index in [9.17, 15) is 0 Å². The highest BCUT2D eigenvalue weighted by Crippen LogP contribution is 2.35. The van der Waals surface area contributed by atoms with Gasteiger partial charge in [-0.05, 0) is 31.4 Å². The molecule has 0 aromatic carbocycles. The van der Waals surface area contributed by atoms with Gasteiger partial charge in [0.15, 0.2) is 0 Å². The molecule has 1 aliphatic carbocycles. The van der Waals surface area contributed by atoms with Crippen LogP contribution in [-0.4, -0.2) is 4.98 Å². The zero-order valence-corrected chi connectivity index (χ0v) is 7.59. The van der Waals surface area contributed by atoms with E-state index in [1.165, 1.54) is 30.7 Å². The van der Waals surface area contributed by atoms with Crippen LogP contribution < -0.4 is 0 Å². The molecule has 1 aliphatic rings. The first-order chi connectivity index (χ1) is 5.90. The third kappa shape index (κ3) is 1.36. The minimum atomic E-state index is 0.775. The second kappa shape index (κ2) is 3.26. The number of hydrogen-bond donors (Lipinski definition) is 0. The Kier molecular flexibility index (Phi) is 2.11. The Morgan fingerprint density at radius 1 is 1.42 bits per heavy atom. The van der Waals surface area contributed by atoms with Crippen LogP contribution in [0.3, 0.4) is 0 Å². The fraction of sp³-hybridized carbons (Fsp3) is 0.545. The van der Waals surface area contributed by atoms with E-state index in [-0.39, 0.29) is 0 Å². The maximum atomic E-state index is 4.61. The van der Waals surface area contributed by atoms with Crippen molar-refractivity contribution >= 4 is 0 Å². The Hall–Kier alpha value is -0.850. The molecule has 0 atom stereocenters. The summed E-state index contributed by atoms with van der Waals surface area (Å²) in [6.45, 7) is 2.16. The van der Waals surface area contributed by atoms with Crippen molar-refractivity contribution in [2.45, 2.75) is 38.5 Å². The van der Waals surface area contributed by atoms with Crippen molar-refractivity contribution in [3.63, 3.8) is 0 Å². The summed E-state index contributed by atoms with van der Waals surface area (Å²) < 4.78 is 0. The summed E-state index contributed by atoms with van der Waals surface area (Å²) in [5.74, 6) is 0.775. The van der Waals surface area contributed by atoms with E-state index in [4.69, 9.17) is 0 Å². The molecular formula is C11H15N. The predicted octanol–water partition coefficient (Wildman–Crippen LogP) is 2.91. The third-order valence-corrected chi connectivity index (χ3v) is 2.71. The zero-order valence-electron chi connectivity index (χ0n) is 7.59. The van der Waals surface area contributed by atoms with Gasteiger partial charge in [-0.25, -0.2) is 0 Å². The second-order valence-electron chi connectivity index (χ2n) is 3.54. The molecule has 0 unspecified atom stereocenters. The quantitative estimate of drug-likeness (QED) is 0.650. The molecule has 0 amide bonds. The molecule has 12 heavy (non-hydrogen) atoms. The maximum absolute atomic E-state index is 4.61. The molecule has 1 aromatic rings. The van der Waals surface area contributed by atoms with Crippen molar-refractivity contribution in [2.75, 3.05) is 0 Å². The first-order valence-corrected chi connectivity index (χ1v) is 4.86. The van der Waals surface area contributed by atoms with Crippen molar-refractivity contribution in [1.29, 1.82) is 0 Å². The standard InChI is InChI=1S/C11H15N/c1-2-10-7-4-8-11(12-10)9-5-3-6-9/h4,7-9H,2-3,5-6H2,1H3. The Balaban J connectivity index is 2.19. The summed E-state index contributed by atoms with van der Waals surface area (Å²) in [5.41, 5.74) is 2.56. The van der Waals surface area contributed by atoms with Crippen molar-refractivity contribution in [2.24, 2.45) is 0 Å². The lowest BCUT2D eigenvalue weighted by atomic mass is 9.82. The first-order valence-electron chi connectivity index (χ1n) is 4.86. The molecule has 0 spiro atoms. The van der Waals surface area contributed by atoms with E-state index < -0.39 is 0 Å². The van der Waals surface area contributed by atoms with Crippen LogP contribution in [0, 0.1) is 0 Å². The Labute approximate surface area is 73.8 Å². The normalized spacial score (nSPS) is 17.4. The first kappa shape index (κ1) is 7.78. The molecule has 1 fully saturated rings. The van der Waals surface area contributed by atoms with Gasteiger partial charge in [0.2, 0.25) is 0 Å². The number of rotatable bonds is 2. The van der Waals surface area contributed by atoms with Crippen molar-refractivity contribution in [1.82, 2.24) is 4.98 Å². The van der Waals surface area contributed by atoms with Crippen LogP contribution >= 0.6 is 0 Å². The summed E-state index contributed by atoms with van der Waals surface area (Å²) in [7, 11) is 0. The lowest BCUT2D eigenvalue weighted by Gasteiger charge is -2.24. The van der Waals surface area contributed by atoms with E-state index in [1.54, 1.807) is 0 Å². The smallest absolute Gasteiger partial charge is 0.0437 e.